The molecule has 0 aliphatic rings. The Bertz CT molecular complexity index is 840. The summed E-state index contributed by atoms with van der Waals surface area (Å²) in [6.07, 6.45) is 12.7. The van der Waals surface area contributed by atoms with Gasteiger partial charge in [-0.3, -0.25) is 0 Å². The van der Waals surface area contributed by atoms with Crippen molar-refractivity contribution in [2.75, 3.05) is 6.61 Å². The standard InChI is InChI=1S/C24H29NO4/c1-8-15-17(10-3)22(24(26)27-14-7)28-20(12-5)18(16-9-2)23-25-19(11-4)21(13-6)29-23/h8-13,15-16,22H,4-6,14H2,1-3,7H3/b15-8-,16-9-,17-10+,20-18-. The minimum Gasteiger partial charge on any atom is -0.473 e. The minimum atomic E-state index is -0.961. The van der Waals surface area contributed by atoms with Gasteiger partial charge in [-0.05, 0) is 51.5 Å². The first-order valence-electron chi connectivity index (χ1n) is 9.38. The average Bonchev–Trinajstić information content (AvgIpc) is 3.15. The molecule has 0 saturated heterocycles. The molecule has 29 heavy (non-hydrogen) atoms. The fraction of sp³-hybridized carbons (Fsp3) is 0.250. The Morgan fingerprint density at radius 1 is 1.14 bits per heavy atom. The summed E-state index contributed by atoms with van der Waals surface area (Å²) in [7, 11) is 0. The van der Waals surface area contributed by atoms with E-state index in [9.17, 15) is 4.79 Å². The van der Waals surface area contributed by atoms with Crippen LogP contribution in [0.1, 0.15) is 45.0 Å². The molecule has 1 rings (SSSR count). The third-order valence-corrected chi connectivity index (χ3v) is 3.82. The number of nitrogens with zero attached hydrogens (tertiary/aromatic N) is 1. The molecular formula is C24H29NO4. The van der Waals surface area contributed by atoms with Crippen LogP contribution in [0.2, 0.25) is 0 Å². The molecule has 1 atom stereocenters. The second kappa shape index (κ2) is 12.2. The van der Waals surface area contributed by atoms with Gasteiger partial charge < -0.3 is 13.9 Å². The first-order valence-corrected chi connectivity index (χ1v) is 9.38. The van der Waals surface area contributed by atoms with Gasteiger partial charge in [0.1, 0.15) is 11.5 Å². The van der Waals surface area contributed by atoms with Crippen LogP contribution in [0.5, 0.6) is 0 Å². The van der Waals surface area contributed by atoms with Crippen molar-refractivity contribution in [2.24, 2.45) is 0 Å². The van der Waals surface area contributed by atoms with Gasteiger partial charge in [0, 0.05) is 0 Å². The number of ether oxygens (including phenoxy) is 2. The second-order valence-corrected chi connectivity index (χ2v) is 5.70. The number of carbonyl (C=O) groups is 1. The Hall–Kier alpha value is -3.34. The van der Waals surface area contributed by atoms with Crippen molar-refractivity contribution in [1.29, 1.82) is 0 Å². The number of rotatable bonds is 11. The van der Waals surface area contributed by atoms with E-state index in [0.717, 1.165) is 0 Å². The highest BCUT2D eigenvalue weighted by atomic mass is 16.6. The molecule has 0 N–H and O–H groups in total. The predicted molar refractivity (Wildman–Crippen MR) is 119 cm³/mol. The van der Waals surface area contributed by atoms with Crippen molar-refractivity contribution in [3.63, 3.8) is 0 Å². The van der Waals surface area contributed by atoms with E-state index in [-0.39, 0.29) is 6.61 Å². The number of oxazole rings is 1. The number of allylic oxidation sites excluding steroid dienone is 6. The molecule has 5 nitrogen and oxygen atoms in total. The fourth-order valence-electron chi connectivity index (χ4n) is 2.52. The summed E-state index contributed by atoms with van der Waals surface area (Å²) in [5.41, 5.74) is 1.76. The fourth-order valence-corrected chi connectivity index (χ4v) is 2.52. The van der Waals surface area contributed by atoms with E-state index in [0.29, 0.717) is 34.3 Å². The second-order valence-electron chi connectivity index (χ2n) is 5.70. The summed E-state index contributed by atoms with van der Waals surface area (Å²) in [6.45, 7) is 18.8. The van der Waals surface area contributed by atoms with E-state index in [1.54, 1.807) is 37.3 Å². The monoisotopic (exact) mass is 395 g/mol. The molecule has 1 heterocycles. The molecule has 154 valence electrons. The van der Waals surface area contributed by atoms with E-state index < -0.39 is 12.1 Å². The van der Waals surface area contributed by atoms with Gasteiger partial charge >= 0.3 is 5.97 Å². The van der Waals surface area contributed by atoms with Crippen LogP contribution in [0.4, 0.5) is 0 Å². The van der Waals surface area contributed by atoms with Crippen LogP contribution in [0.3, 0.4) is 0 Å². The highest BCUT2D eigenvalue weighted by molar-refractivity contribution is 5.80. The third kappa shape index (κ3) is 6.07. The zero-order valence-corrected chi connectivity index (χ0v) is 17.6. The largest absolute Gasteiger partial charge is 0.473 e. The van der Waals surface area contributed by atoms with Crippen molar-refractivity contribution in [1.82, 2.24) is 4.98 Å². The molecule has 0 bridgehead atoms. The Balaban J connectivity index is 3.57. The molecular weight excluding hydrogens is 366 g/mol. The topological polar surface area (TPSA) is 61.6 Å². The van der Waals surface area contributed by atoms with E-state index in [1.807, 2.05) is 32.9 Å². The van der Waals surface area contributed by atoms with E-state index in [2.05, 4.69) is 24.7 Å². The zero-order valence-electron chi connectivity index (χ0n) is 17.6. The van der Waals surface area contributed by atoms with Crippen molar-refractivity contribution in [3.8, 4) is 0 Å². The summed E-state index contributed by atoms with van der Waals surface area (Å²) >= 11 is 0. The maximum atomic E-state index is 12.6. The quantitative estimate of drug-likeness (QED) is 0.265. The van der Waals surface area contributed by atoms with Gasteiger partial charge in [-0.25, -0.2) is 9.78 Å². The molecule has 0 aliphatic heterocycles. The van der Waals surface area contributed by atoms with Crippen molar-refractivity contribution >= 4 is 23.7 Å². The summed E-state index contributed by atoms with van der Waals surface area (Å²) in [4.78, 5) is 17.0. The Morgan fingerprint density at radius 3 is 2.28 bits per heavy atom. The van der Waals surface area contributed by atoms with Gasteiger partial charge in [0.15, 0.2) is 5.76 Å². The molecule has 1 aromatic rings. The normalized spacial score (nSPS) is 13.9. The van der Waals surface area contributed by atoms with E-state index >= 15 is 0 Å². The Labute approximate surface area is 173 Å². The zero-order chi connectivity index (χ0) is 21.8. The van der Waals surface area contributed by atoms with Crippen LogP contribution < -0.4 is 0 Å². The summed E-state index contributed by atoms with van der Waals surface area (Å²) < 4.78 is 17.1. The van der Waals surface area contributed by atoms with Crippen LogP contribution in [-0.4, -0.2) is 23.7 Å². The molecule has 0 saturated carbocycles. The van der Waals surface area contributed by atoms with Gasteiger partial charge in [-0.2, -0.15) is 0 Å². The van der Waals surface area contributed by atoms with Crippen molar-refractivity contribution in [3.05, 3.63) is 84.9 Å². The number of esters is 1. The predicted octanol–water partition coefficient (Wildman–Crippen LogP) is 5.90. The van der Waals surface area contributed by atoms with Crippen molar-refractivity contribution in [2.45, 2.75) is 33.8 Å². The molecule has 0 fully saturated rings. The molecule has 0 aliphatic carbocycles. The maximum absolute atomic E-state index is 12.6. The van der Waals surface area contributed by atoms with Crippen LogP contribution in [0, 0.1) is 0 Å². The minimum absolute atomic E-state index is 0.242. The van der Waals surface area contributed by atoms with Crippen LogP contribution in [-0.2, 0) is 14.3 Å². The number of aromatic nitrogens is 1. The number of hydrogen-bond donors (Lipinski definition) is 0. The lowest BCUT2D eigenvalue weighted by Crippen LogP contribution is -2.28. The van der Waals surface area contributed by atoms with Gasteiger partial charge in [0.25, 0.3) is 0 Å². The summed E-state index contributed by atoms with van der Waals surface area (Å²) in [6, 6.07) is 0. The highest BCUT2D eigenvalue weighted by Crippen LogP contribution is 2.27. The molecule has 5 heteroatoms. The molecule has 0 amide bonds. The van der Waals surface area contributed by atoms with Crippen LogP contribution in [0.25, 0.3) is 17.7 Å². The molecule has 1 aromatic heterocycles. The average molecular weight is 395 g/mol. The van der Waals surface area contributed by atoms with Gasteiger partial charge in [0.2, 0.25) is 12.0 Å². The Kier molecular flexibility index (Phi) is 9.96. The molecule has 0 aromatic carbocycles. The molecule has 1 unspecified atom stereocenters. The first-order chi connectivity index (χ1) is 14.0. The first kappa shape index (κ1) is 23.7. The van der Waals surface area contributed by atoms with Gasteiger partial charge in [-0.15, -0.1) is 0 Å². The maximum Gasteiger partial charge on any atom is 0.352 e. The summed E-state index contributed by atoms with van der Waals surface area (Å²) in [5.74, 6) is 0.630. The van der Waals surface area contributed by atoms with Crippen molar-refractivity contribution < 1.29 is 18.7 Å². The van der Waals surface area contributed by atoms with Crippen LogP contribution >= 0.6 is 0 Å². The smallest absolute Gasteiger partial charge is 0.352 e. The molecule has 0 spiro atoms. The van der Waals surface area contributed by atoms with Gasteiger partial charge in [-0.1, -0.05) is 50.1 Å². The van der Waals surface area contributed by atoms with E-state index in [4.69, 9.17) is 13.9 Å². The Morgan fingerprint density at radius 2 is 1.83 bits per heavy atom. The molecule has 0 radical (unpaired) electrons. The van der Waals surface area contributed by atoms with E-state index in [1.165, 1.54) is 6.08 Å². The van der Waals surface area contributed by atoms with Crippen LogP contribution in [0.15, 0.2) is 71.9 Å². The third-order valence-electron chi connectivity index (χ3n) is 3.82. The SMILES string of the molecule is C=C/C(OC(C(=O)OCC)C(/C=C\C)=C/C)=C(\C=C/C)c1nc(C=C)c(C=C)o1. The lowest BCUT2D eigenvalue weighted by molar-refractivity contribution is -0.151. The number of hydrogen-bond acceptors (Lipinski definition) is 5. The lowest BCUT2D eigenvalue weighted by atomic mass is 10.1. The lowest BCUT2D eigenvalue weighted by Gasteiger charge is -2.20. The number of carbonyl (C=O) groups excluding carboxylic acids is 1. The highest BCUT2D eigenvalue weighted by Gasteiger charge is 2.27. The summed E-state index contributed by atoms with van der Waals surface area (Å²) in [5, 5.41) is 0. The van der Waals surface area contributed by atoms with Gasteiger partial charge in [0.05, 0.1) is 12.2 Å².